The first-order valence-corrected chi connectivity index (χ1v) is 9.36. The van der Waals surface area contributed by atoms with E-state index in [4.69, 9.17) is 79.1 Å². The van der Waals surface area contributed by atoms with Gasteiger partial charge in [-0.15, -0.1) is 0 Å². The lowest BCUT2D eigenvalue weighted by Gasteiger charge is -2.24. The van der Waals surface area contributed by atoms with Gasteiger partial charge in [0.25, 0.3) is 0 Å². The van der Waals surface area contributed by atoms with Crippen LogP contribution in [0.5, 0.6) is 11.5 Å². The molecule has 0 aromatic heterocycles. The number of hydrogen-bond acceptors (Lipinski definition) is 4. The maximum atomic E-state index is 11.7. The van der Waals surface area contributed by atoms with Crippen LogP contribution in [0, 0.1) is 0 Å². The maximum absolute atomic E-state index is 11.7. The number of carboxylic acid groups (broad SMARTS) is 2. The summed E-state index contributed by atoms with van der Waals surface area (Å²) in [5.41, 5.74) is 0. The molecule has 12 heteroatoms. The summed E-state index contributed by atoms with van der Waals surface area (Å²) in [6, 6.07) is 4.72. The topological polar surface area (TPSA) is 93.1 Å². The van der Waals surface area contributed by atoms with Gasteiger partial charge in [0.1, 0.15) is 11.5 Å². The molecule has 2 unspecified atom stereocenters. The van der Waals surface area contributed by atoms with E-state index >= 15 is 0 Å². The van der Waals surface area contributed by atoms with E-state index in [-0.39, 0.29) is 41.6 Å². The molecule has 2 rings (SSSR count). The van der Waals surface area contributed by atoms with Crippen LogP contribution >= 0.6 is 69.6 Å². The van der Waals surface area contributed by atoms with Crippen molar-refractivity contribution in [2.24, 2.45) is 0 Å². The van der Waals surface area contributed by atoms with Crippen molar-refractivity contribution in [2.75, 3.05) is 0 Å². The molecular weight excluding hydrogens is 501 g/mol. The number of hydrogen-bond donors (Lipinski definition) is 2. The van der Waals surface area contributed by atoms with E-state index in [9.17, 15) is 19.8 Å². The third kappa shape index (κ3) is 5.41. The molecule has 2 N–H and O–H groups in total. The third-order valence-electron chi connectivity index (χ3n) is 3.22. The number of benzene rings is 2. The number of aliphatic carboxylic acids is 2. The van der Waals surface area contributed by atoms with Crippen molar-refractivity contribution >= 4 is 81.5 Å². The molecule has 2 atom stereocenters. The van der Waals surface area contributed by atoms with Crippen LogP contribution in [-0.4, -0.2) is 34.4 Å². The second kappa shape index (κ2) is 9.48. The fraction of sp³-hybridized carbons (Fsp3) is 0.125. The predicted molar refractivity (Wildman–Crippen MR) is 107 cm³/mol. The van der Waals surface area contributed by atoms with Gasteiger partial charge in [-0.3, -0.25) is 0 Å². The summed E-state index contributed by atoms with van der Waals surface area (Å²) in [5.74, 6) is -3.71. The van der Waals surface area contributed by atoms with Crippen molar-refractivity contribution < 1.29 is 29.3 Å². The first kappa shape index (κ1) is 23.0. The van der Waals surface area contributed by atoms with Crippen LogP contribution in [0.3, 0.4) is 0 Å². The fourth-order valence-electron chi connectivity index (χ4n) is 1.95. The highest BCUT2D eigenvalue weighted by atomic mass is 35.5. The van der Waals surface area contributed by atoms with Crippen molar-refractivity contribution in [3.63, 3.8) is 0 Å². The van der Waals surface area contributed by atoms with E-state index in [0.717, 1.165) is 12.1 Å². The van der Waals surface area contributed by atoms with Crippen LogP contribution in [0.15, 0.2) is 24.3 Å². The molecule has 0 heterocycles. The number of carboxylic acids is 2. The summed E-state index contributed by atoms with van der Waals surface area (Å²) in [7, 11) is 0. The Kier molecular flexibility index (Phi) is 7.79. The van der Waals surface area contributed by atoms with Gasteiger partial charge in [-0.2, -0.15) is 0 Å². The Morgan fingerprint density at radius 3 is 1.18 bits per heavy atom. The van der Waals surface area contributed by atoms with Crippen molar-refractivity contribution in [1.82, 2.24) is 0 Å². The zero-order valence-corrected chi connectivity index (χ0v) is 17.8. The first-order chi connectivity index (χ1) is 13.0. The minimum atomic E-state index is -2.03. The number of rotatable bonds is 7. The van der Waals surface area contributed by atoms with Gasteiger partial charge in [0.15, 0.2) is 0 Å². The fourth-order valence-corrected chi connectivity index (χ4v) is 3.11. The molecule has 0 radical (unpaired) electrons. The zero-order valence-electron chi connectivity index (χ0n) is 13.3. The highest BCUT2D eigenvalue weighted by molar-refractivity contribution is 6.44. The normalized spacial score (nSPS) is 12.9. The van der Waals surface area contributed by atoms with Crippen LogP contribution in [-0.2, 0) is 9.59 Å². The van der Waals surface area contributed by atoms with Gasteiger partial charge in [0.2, 0.25) is 12.2 Å². The van der Waals surface area contributed by atoms with E-state index in [1.165, 1.54) is 12.1 Å². The Balaban J connectivity index is 2.41. The Labute approximate surface area is 188 Å². The van der Waals surface area contributed by atoms with Gasteiger partial charge in [0, 0.05) is 12.1 Å². The van der Waals surface area contributed by atoms with Gasteiger partial charge >= 0.3 is 11.9 Å². The monoisotopic (exact) mass is 506 g/mol. The van der Waals surface area contributed by atoms with E-state index in [1.807, 2.05) is 0 Å². The lowest BCUT2D eigenvalue weighted by atomic mass is 10.2. The van der Waals surface area contributed by atoms with E-state index < -0.39 is 24.1 Å². The molecule has 150 valence electrons. The first-order valence-electron chi connectivity index (χ1n) is 7.09. The largest absolute Gasteiger partial charge is 0.478 e. The molecular formula is C16H8Cl6O6. The summed E-state index contributed by atoms with van der Waals surface area (Å²) < 4.78 is 10.5. The third-order valence-corrected chi connectivity index (χ3v) is 5.25. The lowest BCUT2D eigenvalue weighted by molar-refractivity contribution is -0.161. The van der Waals surface area contributed by atoms with Crippen LogP contribution < -0.4 is 9.47 Å². The van der Waals surface area contributed by atoms with Gasteiger partial charge in [0.05, 0.1) is 30.1 Å². The number of halogens is 6. The molecule has 0 saturated carbocycles. The van der Waals surface area contributed by atoms with Crippen LogP contribution in [0.4, 0.5) is 0 Å². The molecule has 0 bridgehead atoms. The highest BCUT2D eigenvalue weighted by Gasteiger charge is 2.39. The number of ether oxygens (including phenoxy) is 2. The summed E-state index contributed by atoms with van der Waals surface area (Å²) in [4.78, 5) is 23.3. The molecule has 0 fully saturated rings. The van der Waals surface area contributed by atoms with Gasteiger partial charge in [-0.25, -0.2) is 9.59 Å². The maximum Gasteiger partial charge on any atom is 0.349 e. The SMILES string of the molecule is O=C(O)C(Oc1cc(Cl)c(Cl)cc1Cl)C(Oc1cc(Cl)c(Cl)cc1Cl)C(=O)O. The Bertz CT molecular complexity index is 859. The Morgan fingerprint density at radius 1 is 0.607 bits per heavy atom. The molecule has 2 aromatic rings. The summed E-state index contributed by atoms with van der Waals surface area (Å²) in [6.45, 7) is 0. The standard InChI is InChI=1S/C16H8Cl6O6/c17-5-1-9(21)11(3-7(5)19)27-13(15(23)24)14(16(25)26)28-12-4-8(20)6(18)2-10(12)22/h1-4,13-14H,(H,23,24)(H,25,26). The van der Waals surface area contributed by atoms with E-state index in [2.05, 4.69) is 0 Å². The van der Waals surface area contributed by atoms with Gasteiger partial charge in [-0.1, -0.05) is 69.6 Å². The molecule has 6 nitrogen and oxygen atoms in total. The molecule has 0 amide bonds. The quantitative estimate of drug-likeness (QED) is 0.447. The lowest BCUT2D eigenvalue weighted by Crippen LogP contribution is -2.47. The Morgan fingerprint density at radius 2 is 0.893 bits per heavy atom. The predicted octanol–water partition coefficient (Wildman–Crippen LogP) is 5.97. The van der Waals surface area contributed by atoms with Crippen LogP contribution in [0.25, 0.3) is 0 Å². The average molecular weight is 509 g/mol. The number of carbonyl (C=O) groups is 2. The molecule has 0 aliphatic heterocycles. The molecule has 0 aliphatic carbocycles. The van der Waals surface area contributed by atoms with Crippen molar-refractivity contribution in [2.45, 2.75) is 12.2 Å². The second-order valence-corrected chi connectivity index (χ2v) is 7.59. The minimum absolute atomic E-state index is 0.0190. The average Bonchev–Trinajstić information content (AvgIpc) is 2.59. The van der Waals surface area contributed by atoms with Crippen LogP contribution in [0.2, 0.25) is 30.1 Å². The summed E-state index contributed by atoms with van der Waals surface area (Å²) >= 11 is 35.2. The molecule has 0 spiro atoms. The molecule has 28 heavy (non-hydrogen) atoms. The molecule has 2 aromatic carbocycles. The van der Waals surface area contributed by atoms with Crippen molar-refractivity contribution in [3.8, 4) is 11.5 Å². The highest BCUT2D eigenvalue weighted by Crippen LogP contribution is 2.37. The van der Waals surface area contributed by atoms with Crippen molar-refractivity contribution in [1.29, 1.82) is 0 Å². The van der Waals surface area contributed by atoms with Crippen LogP contribution in [0.1, 0.15) is 0 Å². The van der Waals surface area contributed by atoms with Crippen molar-refractivity contribution in [3.05, 3.63) is 54.4 Å². The zero-order chi connectivity index (χ0) is 21.2. The summed E-state index contributed by atoms with van der Waals surface area (Å²) in [6.07, 6.45) is -4.06. The molecule has 0 saturated heterocycles. The smallest absolute Gasteiger partial charge is 0.349 e. The van der Waals surface area contributed by atoms with Gasteiger partial charge in [-0.05, 0) is 12.1 Å². The minimum Gasteiger partial charge on any atom is -0.478 e. The second-order valence-electron chi connectivity index (χ2n) is 5.15. The van der Waals surface area contributed by atoms with E-state index in [1.54, 1.807) is 0 Å². The Hall–Kier alpha value is -1.28. The van der Waals surface area contributed by atoms with E-state index in [0.29, 0.717) is 0 Å². The summed E-state index contributed by atoms with van der Waals surface area (Å²) in [5, 5.41) is 19.0. The van der Waals surface area contributed by atoms with Gasteiger partial charge < -0.3 is 19.7 Å². The molecule has 0 aliphatic rings.